The summed E-state index contributed by atoms with van der Waals surface area (Å²) >= 11 is 7.37. The molecule has 1 unspecified atom stereocenters. The van der Waals surface area contributed by atoms with Crippen LogP contribution in [0.5, 0.6) is 0 Å². The maximum atomic E-state index is 12.8. The highest BCUT2D eigenvalue weighted by Crippen LogP contribution is 2.26. The van der Waals surface area contributed by atoms with E-state index in [9.17, 15) is 9.59 Å². The van der Waals surface area contributed by atoms with E-state index in [-0.39, 0.29) is 17.7 Å². The van der Waals surface area contributed by atoms with Crippen molar-refractivity contribution in [1.29, 1.82) is 0 Å². The molecule has 1 aliphatic rings. The fourth-order valence-electron chi connectivity index (χ4n) is 3.17. The molecule has 1 aliphatic heterocycles. The van der Waals surface area contributed by atoms with E-state index in [1.54, 1.807) is 10.3 Å². The van der Waals surface area contributed by atoms with Crippen molar-refractivity contribution < 1.29 is 9.59 Å². The SMILES string of the molecule is CCCCNC(=O)C1CCCN(C(=O)c2csc(-c3ccc(Cl)cc3)n2)C1. The summed E-state index contributed by atoms with van der Waals surface area (Å²) in [6, 6.07) is 7.41. The van der Waals surface area contributed by atoms with Crippen molar-refractivity contribution in [2.24, 2.45) is 5.92 Å². The lowest BCUT2D eigenvalue weighted by Gasteiger charge is -2.31. The molecule has 0 aliphatic carbocycles. The predicted molar refractivity (Wildman–Crippen MR) is 109 cm³/mol. The van der Waals surface area contributed by atoms with Crippen LogP contribution in [0.25, 0.3) is 10.6 Å². The highest BCUT2D eigenvalue weighted by Gasteiger charge is 2.29. The molecule has 7 heteroatoms. The number of hydrogen-bond donors (Lipinski definition) is 1. The zero-order valence-electron chi connectivity index (χ0n) is 15.4. The Morgan fingerprint density at radius 1 is 1.33 bits per heavy atom. The van der Waals surface area contributed by atoms with Crippen molar-refractivity contribution in [3.63, 3.8) is 0 Å². The second-order valence-electron chi connectivity index (χ2n) is 6.78. The minimum atomic E-state index is -0.131. The van der Waals surface area contributed by atoms with Gasteiger partial charge in [-0.05, 0) is 31.4 Å². The van der Waals surface area contributed by atoms with E-state index >= 15 is 0 Å². The van der Waals surface area contributed by atoms with E-state index in [2.05, 4.69) is 17.2 Å². The normalized spacial score (nSPS) is 17.0. The number of rotatable bonds is 6. The molecule has 1 atom stereocenters. The van der Waals surface area contributed by atoms with Crippen molar-refractivity contribution in [3.8, 4) is 10.6 Å². The Balaban J connectivity index is 1.63. The van der Waals surface area contributed by atoms with Gasteiger partial charge in [0.25, 0.3) is 5.91 Å². The topological polar surface area (TPSA) is 62.3 Å². The van der Waals surface area contributed by atoms with E-state index in [1.165, 1.54) is 11.3 Å². The number of unbranched alkanes of at least 4 members (excludes halogenated alkanes) is 1. The quantitative estimate of drug-likeness (QED) is 0.731. The van der Waals surface area contributed by atoms with Crippen molar-refractivity contribution in [1.82, 2.24) is 15.2 Å². The number of piperidine rings is 1. The molecule has 1 fully saturated rings. The highest BCUT2D eigenvalue weighted by molar-refractivity contribution is 7.13. The van der Waals surface area contributed by atoms with Gasteiger partial charge in [0, 0.05) is 35.6 Å². The number of nitrogens with one attached hydrogen (secondary N) is 1. The molecule has 3 rings (SSSR count). The monoisotopic (exact) mass is 405 g/mol. The first kappa shape index (κ1) is 19.8. The number of carbonyl (C=O) groups is 2. The number of halogens is 1. The smallest absolute Gasteiger partial charge is 0.273 e. The van der Waals surface area contributed by atoms with Gasteiger partial charge in [-0.2, -0.15) is 0 Å². The standard InChI is InChI=1S/C20H24ClN3O2S/c1-2-3-10-22-18(25)15-5-4-11-24(12-15)20(26)17-13-27-19(23-17)14-6-8-16(21)9-7-14/h6-9,13,15H,2-5,10-12H2,1H3,(H,22,25). The summed E-state index contributed by atoms with van der Waals surface area (Å²) in [7, 11) is 0. The van der Waals surface area contributed by atoms with Gasteiger partial charge < -0.3 is 10.2 Å². The van der Waals surface area contributed by atoms with Gasteiger partial charge in [0.05, 0.1) is 5.92 Å². The molecule has 0 spiro atoms. The van der Waals surface area contributed by atoms with Gasteiger partial charge in [-0.25, -0.2) is 4.98 Å². The summed E-state index contributed by atoms with van der Waals surface area (Å²) in [4.78, 5) is 31.4. The lowest BCUT2D eigenvalue weighted by atomic mass is 9.97. The summed E-state index contributed by atoms with van der Waals surface area (Å²) < 4.78 is 0. The summed E-state index contributed by atoms with van der Waals surface area (Å²) in [5.41, 5.74) is 1.38. The number of aromatic nitrogens is 1. The van der Waals surface area contributed by atoms with E-state index in [4.69, 9.17) is 11.6 Å². The molecule has 1 N–H and O–H groups in total. The minimum Gasteiger partial charge on any atom is -0.356 e. The third-order valence-electron chi connectivity index (χ3n) is 4.72. The maximum Gasteiger partial charge on any atom is 0.273 e. The Kier molecular flexibility index (Phi) is 6.85. The fourth-order valence-corrected chi connectivity index (χ4v) is 4.09. The number of nitrogens with zero attached hydrogens (tertiary/aromatic N) is 2. The van der Waals surface area contributed by atoms with Crippen LogP contribution >= 0.6 is 22.9 Å². The Hall–Kier alpha value is -1.92. The second-order valence-corrected chi connectivity index (χ2v) is 8.07. The van der Waals surface area contributed by atoms with Crippen molar-refractivity contribution in [3.05, 3.63) is 40.4 Å². The van der Waals surface area contributed by atoms with Gasteiger partial charge in [0.1, 0.15) is 10.7 Å². The molecule has 1 saturated heterocycles. The number of benzene rings is 1. The first-order valence-corrected chi connectivity index (χ1v) is 10.6. The van der Waals surface area contributed by atoms with Crippen LogP contribution in [0.15, 0.2) is 29.6 Å². The third kappa shape index (κ3) is 5.08. The Morgan fingerprint density at radius 3 is 2.85 bits per heavy atom. The average Bonchev–Trinajstić information content (AvgIpc) is 3.18. The van der Waals surface area contributed by atoms with Gasteiger partial charge in [0.2, 0.25) is 5.91 Å². The molecule has 27 heavy (non-hydrogen) atoms. The van der Waals surface area contributed by atoms with Crippen LogP contribution in [-0.2, 0) is 4.79 Å². The molecule has 2 heterocycles. The lowest BCUT2D eigenvalue weighted by molar-refractivity contribution is -0.126. The summed E-state index contributed by atoms with van der Waals surface area (Å²) in [6.07, 6.45) is 3.70. The van der Waals surface area contributed by atoms with Crippen LogP contribution in [0.4, 0.5) is 0 Å². The number of carbonyl (C=O) groups excluding carboxylic acids is 2. The van der Waals surface area contributed by atoms with Crippen molar-refractivity contribution in [2.45, 2.75) is 32.6 Å². The van der Waals surface area contributed by atoms with Crippen LogP contribution in [0, 0.1) is 5.92 Å². The fraction of sp³-hybridized carbons (Fsp3) is 0.450. The highest BCUT2D eigenvalue weighted by atomic mass is 35.5. The molecular weight excluding hydrogens is 382 g/mol. The van der Waals surface area contributed by atoms with Crippen LogP contribution in [0.1, 0.15) is 43.1 Å². The molecule has 2 amide bonds. The van der Waals surface area contributed by atoms with E-state index in [0.717, 1.165) is 36.3 Å². The largest absolute Gasteiger partial charge is 0.356 e. The first-order chi connectivity index (χ1) is 13.1. The summed E-state index contributed by atoms with van der Waals surface area (Å²) in [5, 5.41) is 6.23. The van der Waals surface area contributed by atoms with Crippen molar-refractivity contribution >= 4 is 34.8 Å². The van der Waals surface area contributed by atoms with Crippen molar-refractivity contribution in [2.75, 3.05) is 19.6 Å². The third-order valence-corrected chi connectivity index (χ3v) is 5.87. The molecular formula is C20H24ClN3O2S. The van der Waals surface area contributed by atoms with Gasteiger partial charge in [0.15, 0.2) is 0 Å². The van der Waals surface area contributed by atoms with Gasteiger partial charge in [-0.15, -0.1) is 11.3 Å². The number of likely N-dealkylation sites (tertiary alicyclic amines) is 1. The van der Waals surface area contributed by atoms with Gasteiger partial charge in [-0.1, -0.05) is 37.1 Å². The Bertz CT molecular complexity index is 791. The van der Waals surface area contributed by atoms with Gasteiger partial charge in [-0.3, -0.25) is 9.59 Å². The molecule has 2 aromatic rings. The molecule has 0 bridgehead atoms. The van der Waals surface area contributed by atoms with Crippen LogP contribution < -0.4 is 5.32 Å². The second kappa shape index (κ2) is 9.33. The predicted octanol–water partition coefficient (Wildman–Crippen LogP) is 4.23. The number of hydrogen-bond acceptors (Lipinski definition) is 4. The molecule has 5 nitrogen and oxygen atoms in total. The van der Waals surface area contributed by atoms with Crippen LogP contribution in [-0.4, -0.2) is 41.3 Å². The zero-order valence-corrected chi connectivity index (χ0v) is 17.0. The lowest BCUT2D eigenvalue weighted by Crippen LogP contribution is -2.45. The molecule has 0 radical (unpaired) electrons. The molecule has 1 aromatic carbocycles. The molecule has 0 saturated carbocycles. The minimum absolute atomic E-state index is 0.0566. The Labute approximate surface area is 168 Å². The van der Waals surface area contributed by atoms with Crippen LogP contribution in [0.2, 0.25) is 5.02 Å². The van der Waals surface area contributed by atoms with E-state index in [1.807, 2.05) is 24.3 Å². The maximum absolute atomic E-state index is 12.8. The number of thiazole rings is 1. The first-order valence-electron chi connectivity index (χ1n) is 9.37. The summed E-state index contributed by atoms with van der Waals surface area (Å²) in [6.45, 7) is 3.94. The van der Waals surface area contributed by atoms with E-state index in [0.29, 0.717) is 30.4 Å². The summed E-state index contributed by atoms with van der Waals surface area (Å²) in [5.74, 6) is -0.174. The molecule has 1 aromatic heterocycles. The Morgan fingerprint density at radius 2 is 2.11 bits per heavy atom. The number of amides is 2. The molecule has 144 valence electrons. The average molecular weight is 406 g/mol. The van der Waals surface area contributed by atoms with Crippen LogP contribution in [0.3, 0.4) is 0 Å². The van der Waals surface area contributed by atoms with Gasteiger partial charge >= 0.3 is 0 Å². The zero-order chi connectivity index (χ0) is 19.2. The van der Waals surface area contributed by atoms with E-state index < -0.39 is 0 Å².